The number of ether oxygens (including phenoxy) is 1. The molecule has 13 heavy (non-hydrogen) atoms. The first-order valence-electron chi connectivity index (χ1n) is 3.81. The summed E-state index contributed by atoms with van der Waals surface area (Å²) in [5.74, 6) is -0.199. The van der Waals surface area contributed by atoms with Gasteiger partial charge in [0.05, 0.1) is 13.7 Å². The molecular weight excluding hydrogens is 238 g/mol. The number of hydroxylamine groups is 2. The standard InChI is InChI=1S/C8H14BrNO3/c1-10(12-2)8(11)7-13-6-4-3-5-9/h3-4H,5-7H2,1-2H3/b4-3+. The molecule has 0 aliphatic heterocycles. The third-order valence-electron chi connectivity index (χ3n) is 1.32. The summed E-state index contributed by atoms with van der Waals surface area (Å²) in [7, 11) is 2.97. The van der Waals surface area contributed by atoms with E-state index in [-0.39, 0.29) is 12.5 Å². The number of carbonyl (C=O) groups is 1. The number of alkyl halides is 1. The van der Waals surface area contributed by atoms with Gasteiger partial charge in [0.15, 0.2) is 0 Å². The minimum Gasteiger partial charge on any atom is -0.367 e. The zero-order valence-electron chi connectivity index (χ0n) is 7.83. The SMILES string of the molecule is CON(C)C(=O)COC/C=C/CBr. The maximum absolute atomic E-state index is 11.0. The van der Waals surface area contributed by atoms with Gasteiger partial charge in [0.1, 0.15) is 6.61 Å². The fourth-order valence-electron chi connectivity index (χ4n) is 0.538. The zero-order valence-corrected chi connectivity index (χ0v) is 9.41. The number of allylic oxidation sites excluding steroid dienone is 1. The van der Waals surface area contributed by atoms with Gasteiger partial charge < -0.3 is 4.74 Å². The molecule has 0 heterocycles. The molecule has 0 fully saturated rings. The van der Waals surface area contributed by atoms with Gasteiger partial charge in [0.25, 0.3) is 5.91 Å². The van der Waals surface area contributed by atoms with Gasteiger partial charge in [-0.25, -0.2) is 5.06 Å². The summed E-state index contributed by atoms with van der Waals surface area (Å²) in [5.41, 5.74) is 0. The second kappa shape index (κ2) is 8.22. The van der Waals surface area contributed by atoms with E-state index in [4.69, 9.17) is 4.74 Å². The fraction of sp³-hybridized carbons (Fsp3) is 0.625. The van der Waals surface area contributed by atoms with Gasteiger partial charge in [-0.05, 0) is 0 Å². The van der Waals surface area contributed by atoms with E-state index in [9.17, 15) is 4.79 Å². The van der Waals surface area contributed by atoms with Crippen molar-refractivity contribution < 1.29 is 14.4 Å². The highest BCUT2D eigenvalue weighted by molar-refractivity contribution is 9.09. The van der Waals surface area contributed by atoms with E-state index in [1.165, 1.54) is 7.11 Å². The van der Waals surface area contributed by atoms with Crippen LogP contribution in [-0.2, 0) is 14.4 Å². The van der Waals surface area contributed by atoms with E-state index >= 15 is 0 Å². The molecular formula is C8H14BrNO3. The fourth-order valence-corrected chi connectivity index (χ4v) is 0.802. The van der Waals surface area contributed by atoms with Crippen molar-refractivity contribution in [2.45, 2.75) is 0 Å². The first kappa shape index (κ1) is 12.6. The van der Waals surface area contributed by atoms with Gasteiger partial charge in [-0.1, -0.05) is 28.1 Å². The van der Waals surface area contributed by atoms with Gasteiger partial charge >= 0.3 is 0 Å². The topological polar surface area (TPSA) is 38.8 Å². The average molecular weight is 252 g/mol. The second-order valence-electron chi connectivity index (χ2n) is 2.21. The smallest absolute Gasteiger partial charge is 0.271 e. The number of hydrogen-bond acceptors (Lipinski definition) is 3. The highest BCUT2D eigenvalue weighted by Gasteiger charge is 2.05. The Balaban J connectivity index is 3.42. The van der Waals surface area contributed by atoms with Crippen molar-refractivity contribution in [1.82, 2.24) is 5.06 Å². The third-order valence-corrected chi connectivity index (χ3v) is 1.69. The molecule has 0 aromatic heterocycles. The molecule has 0 bridgehead atoms. The molecule has 0 spiro atoms. The summed E-state index contributed by atoms with van der Waals surface area (Å²) < 4.78 is 5.04. The molecule has 76 valence electrons. The summed E-state index contributed by atoms with van der Waals surface area (Å²) in [6.45, 7) is 0.478. The predicted octanol–water partition coefficient (Wildman–Crippen LogP) is 0.974. The van der Waals surface area contributed by atoms with Crippen LogP contribution in [0.4, 0.5) is 0 Å². The van der Waals surface area contributed by atoms with Crippen LogP contribution in [-0.4, -0.2) is 43.7 Å². The van der Waals surface area contributed by atoms with Gasteiger partial charge in [0, 0.05) is 12.4 Å². The van der Waals surface area contributed by atoms with Crippen LogP contribution in [0, 0.1) is 0 Å². The van der Waals surface area contributed by atoms with E-state index < -0.39 is 0 Å². The lowest BCUT2D eigenvalue weighted by Crippen LogP contribution is -2.29. The van der Waals surface area contributed by atoms with Crippen molar-refractivity contribution in [3.8, 4) is 0 Å². The molecule has 0 rings (SSSR count). The van der Waals surface area contributed by atoms with Crippen LogP contribution in [0.2, 0.25) is 0 Å². The average Bonchev–Trinajstić information content (AvgIpc) is 2.16. The molecule has 1 amide bonds. The summed E-state index contributed by atoms with van der Waals surface area (Å²) >= 11 is 3.23. The molecule has 0 saturated heterocycles. The number of halogens is 1. The molecule has 0 N–H and O–H groups in total. The van der Waals surface area contributed by atoms with Crippen molar-refractivity contribution >= 4 is 21.8 Å². The maximum atomic E-state index is 11.0. The van der Waals surface area contributed by atoms with Crippen molar-refractivity contribution in [2.75, 3.05) is 32.7 Å². The first-order chi connectivity index (χ1) is 6.22. The van der Waals surface area contributed by atoms with Gasteiger partial charge in [-0.3, -0.25) is 9.63 Å². The second-order valence-corrected chi connectivity index (χ2v) is 2.86. The molecule has 0 saturated carbocycles. The summed E-state index contributed by atoms with van der Waals surface area (Å²) in [6, 6.07) is 0. The predicted molar refractivity (Wildman–Crippen MR) is 53.5 cm³/mol. The summed E-state index contributed by atoms with van der Waals surface area (Å²) in [5, 5.41) is 1.93. The van der Waals surface area contributed by atoms with Gasteiger partial charge in [-0.15, -0.1) is 0 Å². The Morgan fingerprint density at radius 3 is 2.77 bits per heavy atom. The van der Waals surface area contributed by atoms with Gasteiger partial charge in [0.2, 0.25) is 0 Å². The third kappa shape index (κ3) is 6.74. The Morgan fingerprint density at radius 1 is 1.54 bits per heavy atom. The lowest BCUT2D eigenvalue weighted by atomic mass is 10.5. The highest BCUT2D eigenvalue weighted by Crippen LogP contribution is 1.87. The van der Waals surface area contributed by atoms with E-state index in [0.29, 0.717) is 6.61 Å². The lowest BCUT2D eigenvalue weighted by Gasteiger charge is -2.12. The van der Waals surface area contributed by atoms with Crippen molar-refractivity contribution in [2.24, 2.45) is 0 Å². The van der Waals surface area contributed by atoms with Crippen LogP contribution in [0.15, 0.2) is 12.2 Å². The largest absolute Gasteiger partial charge is 0.367 e. The number of carbonyl (C=O) groups excluding carboxylic acids is 1. The van der Waals surface area contributed by atoms with Gasteiger partial charge in [-0.2, -0.15) is 0 Å². The Hall–Kier alpha value is -0.390. The van der Waals surface area contributed by atoms with Crippen LogP contribution in [0.5, 0.6) is 0 Å². The van der Waals surface area contributed by atoms with E-state index in [1.54, 1.807) is 7.05 Å². The van der Waals surface area contributed by atoms with E-state index in [2.05, 4.69) is 20.8 Å². The number of likely N-dealkylation sites (N-methyl/N-ethyl adjacent to an activating group) is 1. The minimum absolute atomic E-state index is 0.0387. The van der Waals surface area contributed by atoms with Crippen LogP contribution in [0.3, 0.4) is 0 Å². The number of rotatable bonds is 6. The molecule has 0 radical (unpaired) electrons. The van der Waals surface area contributed by atoms with E-state index in [1.807, 2.05) is 12.2 Å². The summed E-state index contributed by atoms with van der Waals surface area (Å²) in [6.07, 6.45) is 3.75. The Morgan fingerprint density at radius 2 is 2.23 bits per heavy atom. The Labute approximate surface area is 86.6 Å². The Kier molecular flexibility index (Phi) is 7.97. The lowest BCUT2D eigenvalue weighted by molar-refractivity contribution is -0.173. The highest BCUT2D eigenvalue weighted by atomic mass is 79.9. The number of hydrogen-bond donors (Lipinski definition) is 0. The maximum Gasteiger partial charge on any atom is 0.271 e. The quantitative estimate of drug-likeness (QED) is 0.306. The zero-order chi connectivity index (χ0) is 10.1. The molecule has 0 aliphatic carbocycles. The minimum atomic E-state index is -0.199. The molecule has 0 aromatic rings. The summed E-state index contributed by atoms with van der Waals surface area (Å²) in [4.78, 5) is 15.7. The monoisotopic (exact) mass is 251 g/mol. The molecule has 5 heteroatoms. The molecule has 0 atom stereocenters. The molecule has 4 nitrogen and oxygen atoms in total. The molecule has 0 aliphatic rings. The number of amides is 1. The van der Waals surface area contributed by atoms with Crippen LogP contribution >= 0.6 is 15.9 Å². The normalized spacial score (nSPS) is 10.7. The van der Waals surface area contributed by atoms with Crippen molar-refractivity contribution in [3.05, 3.63) is 12.2 Å². The van der Waals surface area contributed by atoms with Crippen LogP contribution < -0.4 is 0 Å². The number of nitrogens with zero attached hydrogens (tertiary/aromatic N) is 1. The van der Waals surface area contributed by atoms with E-state index in [0.717, 1.165) is 10.4 Å². The van der Waals surface area contributed by atoms with Crippen molar-refractivity contribution in [1.29, 1.82) is 0 Å². The first-order valence-corrected chi connectivity index (χ1v) is 4.94. The van der Waals surface area contributed by atoms with Crippen LogP contribution in [0.1, 0.15) is 0 Å². The molecule has 0 unspecified atom stereocenters. The van der Waals surface area contributed by atoms with Crippen LogP contribution in [0.25, 0.3) is 0 Å². The Bertz CT molecular complexity index is 173. The molecule has 0 aromatic carbocycles. The van der Waals surface area contributed by atoms with Crippen molar-refractivity contribution in [3.63, 3.8) is 0 Å².